The maximum atomic E-state index is 12.6. The van der Waals surface area contributed by atoms with Gasteiger partial charge in [0, 0.05) is 6.42 Å². The van der Waals surface area contributed by atoms with Gasteiger partial charge in [-0.3, -0.25) is 14.4 Å². The number of methoxy groups -OCH3 is 1. The fourth-order valence-corrected chi connectivity index (χ4v) is 2.88. The Balaban J connectivity index is 2.65. The van der Waals surface area contributed by atoms with E-state index >= 15 is 0 Å². The summed E-state index contributed by atoms with van der Waals surface area (Å²) >= 11 is 0. The Hall–Kier alpha value is -2.90. The van der Waals surface area contributed by atoms with Crippen LogP contribution in [-0.2, 0) is 35.3 Å². The van der Waals surface area contributed by atoms with E-state index in [4.69, 9.17) is 4.74 Å². The number of hydrogen-bond donors (Lipinski definition) is 2. The molecule has 1 rings (SSSR count). The highest BCUT2D eigenvalue weighted by molar-refractivity contribution is 5.93. The van der Waals surface area contributed by atoms with Crippen LogP contribution in [0.4, 0.5) is 0 Å². The summed E-state index contributed by atoms with van der Waals surface area (Å²) in [5, 5.41) is 5.06. The third kappa shape index (κ3) is 11.2. The summed E-state index contributed by atoms with van der Waals surface area (Å²) in [7, 11) is 1.21. The Bertz CT molecular complexity index is 707. The Labute approximate surface area is 184 Å². The Morgan fingerprint density at radius 1 is 0.968 bits per heavy atom. The van der Waals surface area contributed by atoms with Gasteiger partial charge in [0.15, 0.2) is 0 Å². The zero-order valence-corrected chi connectivity index (χ0v) is 18.6. The summed E-state index contributed by atoms with van der Waals surface area (Å²) in [5.74, 6) is -2.22. The molecule has 0 bridgehead atoms. The van der Waals surface area contributed by atoms with Gasteiger partial charge >= 0.3 is 11.9 Å². The molecule has 2 amide bonds. The van der Waals surface area contributed by atoms with Gasteiger partial charge in [-0.1, -0.05) is 62.9 Å². The quantitative estimate of drug-likeness (QED) is 0.344. The van der Waals surface area contributed by atoms with Crippen molar-refractivity contribution in [2.75, 3.05) is 7.11 Å². The smallest absolute Gasteiger partial charge is 0.328 e. The molecule has 0 aliphatic carbocycles. The molecule has 8 heteroatoms. The Morgan fingerprint density at radius 2 is 1.65 bits per heavy atom. The van der Waals surface area contributed by atoms with E-state index in [-0.39, 0.29) is 25.4 Å². The van der Waals surface area contributed by atoms with Gasteiger partial charge in [-0.15, -0.1) is 0 Å². The number of rotatable bonds is 14. The van der Waals surface area contributed by atoms with E-state index in [0.717, 1.165) is 31.2 Å². The standard InChI is InChI=1S/C23H34N2O6/c1-4-5-6-7-11-14-20(26)25-19(22(28)24-17(2)23(29)30-3)15-21(27)31-16-18-12-9-8-10-13-18/h8-10,12-13,17,19H,4-7,11,14-16H2,1-3H3,(H,24,28)(H,25,26)/t17-,19+/m0/s1. The molecule has 0 unspecified atom stereocenters. The van der Waals surface area contributed by atoms with Crippen LogP contribution in [0.15, 0.2) is 30.3 Å². The lowest BCUT2D eigenvalue weighted by molar-refractivity contribution is -0.148. The van der Waals surface area contributed by atoms with Gasteiger partial charge in [0.1, 0.15) is 18.7 Å². The second kappa shape index (κ2) is 15.0. The van der Waals surface area contributed by atoms with E-state index in [0.29, 0.717) is 6.42 Å². The van der Waals surface area contributed by atoms with E-state index in [1.54, 1.807) is 0 Å². The first-order valence-electron chi connectivity index (χ1n) is 10.7. The predicted octanol–water partition coefficient (Wildman–Crippen LogP) is 2.64. The highest BCUT2D eigenvalue weighted by atomic mass is 16.5. The molecular weight excluding hydrogens is 400 g/mol. The molecule has 0 aliphatic rings. The molecule has 0 radical (unpaired) electrons. The van der Waals surface area contributed by atoms with Gasteiger partial charge in [-0.05, 0) is 18.9 Å². The lowest BCUT2D eigenvalue weighted by Gasteiger charge is -2.20. The Kier molecular flexibility index (Phi) is 12.6. The number of carbonyl (C=O) groups is 4. The molecule has 31 heavy (non-hydrogen) atoms. The highest BCUT2D eigenvalue weighted by Gasteiger charge is 2.27. The van der Waals surface area contributed by atoms with Crippen LogP contribution in [0.2, 0.25) is 0 Å². The second-order valence-corrected chi connectivity index (χ2v) is 7.39. The van der Waals surface area contributed by atoms with Crippen molar-refractivity contribution in [3.63, 3.8) is 0 Å². The normalized spacial score (nSPS) is 12.4. The molecule has 0 fully saturated rings. The number of esters is 2. The summed E-state index contributed by atoms with van der Waals surface area (Å²) in [6.45, 7) is 3.64. The summed E-state index contributed by atoms with van der Waals surface area (Å²) in [4.78, 5) is 48.7. The number of hydrogen-bond acceptors (Lipinski definition) is 6. The minimum Gasteiger partial charge on any atom is -0.467 e. The molecular formula is C23H34N2O6. The number of ether oxygens (including phenoxy) is 2. The zero-order chi connectivity index (χ0) is 23.1. The first-order valence-corrected chi connectivity index (χ1v) is 10.7. The number of unbranched alkanes of at least 4 members (excludes halogenated alkanes) is 4. The summed E-state index contributed by atoms with van der Waals surface area (Å²) in [5.41, 5.74) is 0.812. The average Bonchev–Trinajstić information content (AvgIpc) is 2.77. The minimum atomic E-state index is -1.14. The van der Waals surface area contributed by atoms with Crippen molar-refractivity contribution >= 4 is 23.8 Å². The molecule has 0 spiro atoms. The predicted molar refractivity (Wildman–Crippen MR) is 116 cm³/mol. The van der Waals surface area contributed by atoms with Gasteiger partial charge in [-0.25, -0.2) is 4.79 Å². The van der Waals surface area contributed by atoms with E-state index in [2.05, 4.69) is 22.3 Å². The van der Waals surface area contributed by atoms with E-state index in [9.17, 15) is 19.2 Å². The molecule has 1 aromatic carbocycles. The maximum Gasteiger partial charge on any atom is 0.328 e. The van der Waals surface area contributed by atoms with Crippen LogP contribution in [0.1, 0.15) is 64.4 Å². The summed E-state index contributed by atoms with van der Waals surface area (Å²) in [6, 6.07) is 7.09. The largest absolute Gasteiger partial charge is 0.467 e. The number of benzene rings is 1. The lowest BCUT2D eigenvalue weighted by Crippen LogP contribution is -2.51. The molecule has 8 nitrogen and oxygen atoms in total. The van der Waals surface area contributed by atoms with Crippen LogP contribution < -0.4 is 10.6 Å². The zero-order valence-electron chi connectivity index (χ0n) is 18.6. The van der Waals surface area contributed by atoms with Gasteiger partial charge in [-0.2, -0.15) is 0 Å². The van der Waals surface area contributed by atoms with Crippen molar-refractivity contribution in [1.82, 2.24) is 10.6 Å². The van der Waals surface area contributed by atoms with E-state index in [1.165, 1.54) is 14.0 Å². The van der Waals surface area contributed by atoms with Crippen molar-refractivity contribution in [2.24, 2.45) is 0 Å². The van der Waals surface area contributed by atoms with Crippen LogP contribution >= 0.6 is 0 Å². The first kappa shape index (κ1) is 26.1. The van der Waals surface area contributed by atoms with Crippen LogP contribution in [0.3, 0.4) is 0 Å². The first-order chi connectivity index (χ1) is 14.9. The SMILES string of the molecule is CCCCCCCC(=O)N[C@H](CC(=O)OCc1ccccc1)C(=O)N[C@@H](C)C(=O)OC. The molecule has 0 aromatic heterocycles. The monoisotopic (exact) mass is 434 g/mol. The molecule has 0 aliphatic heterocycles. The number of nitrogens with one attached hydrogen (secondary N) is 2. The second-order valence-electron chi connectivity index (χ2n) is 7.39. The molecule has 2 atom stereocenters. The van der Waals surface area contributed by atoms with Crippen molar-refractivity contribution in [2.45, 2.75) is 77.5 Å². The third-order valence-electron chi connectivity index (χ3n) is 4.69. The average molecular weight is 435 g/mol. The van der Waals surface area contributed by atoms with E-state index in [1.807, 2.05) is 30.3 Å². The number of carbonyl (C=O) groups excluding carboxylic acids is 4. The van der Waals surface area contributed by atoms with Crippen LogP contribution in [0, 0.1) is 0 Å². The fourth-order valence-electron chi connectivity index (χ4n) is 2.88. The van der Waals surface area contributed by atoms with Crippen molar-refractivity contribution in [3.05, 3.63) is 35.9 Å². The van der Waals surface area contributed by atoms with Gasteiger partial charge in [0.25, 0.3) is 0 Å². The Morgan fingerprint density at radius 3 is 2.29 bits per heavy atom. The molecule has 0 saturated carbocycles. The highest BCUT2D eigenvalue weighted by Crippen LogP contribution is 2.07. The summed E-state index contributed by atoms with van der Waals surface area (Å²) in [6.07, 6.45) is 4.83. The number of amides is 2. The summed E-state index contributed by atoms with van der Waals surface area (Å²) < 4.78 is 9.82. The van der Waals surface area contributed by atoms with Crippen LogP contribution in [0.5, 0.6) is 0 Å². The molecule has 2 N–H and O–H groups in total. The van der Waals surface area contributed by atoms with Crippen LogP contribution in [0.25, 0.3) is 0 Å². The van der Waals surface area contributed by atoms with Gasteiger partial charge in [0.05, 0.1) is 13.5 Å². The topological polar surface area (TPSA) is 111 Å². The van der Waals surface area contributed by atoms with Crippen molar-refractivity contribution in [1.29, 1.82) is 0 Å². The van der Waals surface area contributed by atoms with Crippen LogP contribution in [-0.4, -0.2) is 42.9 Å². The maximum absolute atomic E-state index is 12.6. The molecule has 0 saturated heterocycles. The minimum absolute atomic E-state index is 0.0674. The molecule has 0 heterocycles. The fraction of sp³-hybridized carbons (Fsp3) is 0.565. The van der Waals surface area contributed by atoms with Gasteiger partial charge in [0.2, 0.25) is 11.8 Å². The van der Waals surface area contributed by atoms with E-state index < -0.39 is 29.9 Å². The van der Waals surface area contributed by atoms with Gasteiger partial charge < -0.3 is 20.1 Å². The van der Waals surface area contributed by atoms with Crippen molar-refractivity contribution in [3.8, 4) is 0 Å². The molecule has 172 valence electrons. The van der Waals surface area contributed by atoms with Crippen molar-refractivity contribution < 1.29 is 28.7 Å². The molecule has 1 aromatic rings. The third-order valence-corrected chi connectivity index (χ3v) is 4.69. The lowest BCUT2D eigenvalue weighted by atomic mass is 10.1.